The monoisotopic (exact) mass is 330 g/mol. The number of aromatic hydroxyl groups is 2. The molecule has 2 aromatic rings. The Labute approximate surface area is 139 Å². The van der Waals surface area contributed by atoms with Crippen LogP contribution in [0, 0.1) is 0 Å². The Morgan fingerprint density at radius 3 is 1.46 bits per heavy atom. The molecule has 6 heteroatoms. The minimum absolute atomic E-state index is 0.134. The lowest BCUT2D eigenvalue weighted by Gasteiger charge is -2.10. The van der Waals surface area contributed by atoms with Crippen molar-refractivity contribution in [2.75, 3.05) is 13.2 Å². The predicted molar refractivity (Wildman–Crippen MR) is 87.2 cm³/mol. The van der Waals surface area contributed by atoms with Crippen LogP contribution in [0.25, 0.3) is 0 Å². The van der Waals surface area contributed by atoms with Gasteiger partial charge in [-0.1, -0.05) is 0 Å². The highest BCUT2D eigenvalue weighted by Crippen LogP contribution is 2.25. The quantitative estimate of drug-likeness (QED) is 0.599. The molecule has 2 N–H and O–H groups in total. The van der Waals surface area contributed by atoms with E-state index in [-0.39, 0.29) is 47.4 Å². The molecule has 0 radical (unpaired) electrons. The van der Waals surface area contributed by atoms with Crippen molar-refractivity contribution in [3.05, 3.63) is 47.5 Å². The highest BCUT2D eigenvalue weighted by molar-refractivity contribution is 5.97. The topological polar surface area (TPSA) is 93.1 Å². The molecule has 0 saturated carbocycles. The zero-order valence-corrected chi connectivity index (χ0v) is 13.4. The van der Waals surface area contributed by atoms with Gasteiger partial charge in [0.05, 0.1) is 11.1 Å². The first kappa shape index (κ1) is 17.3. The summed E-state index contributed by atoms with van der Waals surface area (Å²) in [4.78, 5) is 22.5. The molecule has 0 aromatic heterocycles. The van der Waals surface area contributed by atoms with Crippen LogP contribution in [0.2, 0.25) is 0 Å². The van der Waals surface area contributed by atoms with Gasteiger partial charge in [0.25, 0.3) is 0 Å². The van der Waals surface area contributed by atoms with Gasteiger partial charge in [-0.25, -0.2) is 0 Å². The van der Waals surface area contributed by atoms with E-state index in [0.717, 1.165) is 0 Å². The second-order valence-electron chi connectivity index (χ2n) is 5.17. The number of ketones is 2. The maximum atomic E-state index is 11.2. The summed E-state index contributed by atoms with van der Waals surface area (Å²) in [7, 11) is 0. The molecule has 0 heterocycles. The van der Waals surface area contributed by atoms with Crippen molar-refractivity contribution in [2.24, 2.45) is 0 Å². The molecule has 0 bridgehead atoms. The van der Waals surface area contributed by atoms with Crippen LogP contribution in [0.15, 0.2) is 36.4 Å². The number of carbonyl (C=O) groups excluding carboxylic acids is 2. The van der Waals surface area contributed by atoms with Gasteiger partial charge in [0.1, 0.15) is 36.2 Å². The normalized spacial score (nSPS) is 10.2. The Balaban J connectivity index is 1.87. The average molecular weight is 330 g/mol. The highest BCUT2D eigenvalue weighted by atomic mass is 16.5. The van der Waals surface area contributed by atoms with Gasteiger partial charge in [0.2, 0.25) is 0 Å². The van der Waals surface area contributed by atoms with Crippen LogP contribution in [0.4, 0.5) is 0 Å². The van der Waals surface area contributed by atoms with Gasteiger partial charge in [-0.15, -0.1) is 0 Å². The molecule has 0 unspecified atom stereocenters. The van der Waals surface area contributed by atoms with E-state index in [1.807, 2.05) is 0 Å². The number of Topliss-reactive ketones (excluding diaryl/α,β-unsaturated/α-hetero) is 2. The Morgan fingerprint density at radius 1 is 0.792 bits per heavy atom. The fraction of sp³-hybridized carbons (Fsp3) is 0.222. The summed E-state index contributed by atoms with van der Waals surface area (Å²) in [6.07, 6.45) is 0. The molecular formula is C18H18O6. The van der Waals surface area contributed by atoms with Crippen molar-refractivity contribution in [3.8, 4) is 23.0 Å². The van der Waals surface area contributed by atoms with Crippen LogP contribution >= 0.6 is 0 Å². The van der Waals surface area contributed by atoms with Crippen molar-refractivity contribution < 1.29 is 29.3 Å². The van der Waals surface area contributed by atoms with E-state index in [1.54, 1.807) is 12.1 Å². The maximum absolute atomic E-state index is 11.2. The van der Waals surface area contributed by atoms with Gasteiger partial charge in [-0.05, 0) is 38.1 Å². The Morgan fingerprint density at radius 2 is 1.17 bits per heavy atom. The molecular weight excluding hydrogens is 312 g/mol. The number of carbonyl (C=O) groups is 2. The maximum Gasteiger partial charge on any atom is 0.163 e. The lowest BCUT2D eigenvalue weighted by atomic mass is 10.1. The van der Waals surface area contributed by atoms with Gasteiger partial charge >= 0.3 is 0 Å². The second-order valence-corrected chi connectivity index (χ2v) is 5.17. The Bertz CT molecular complexity index is 701. The molecule has 0 saturated heterocycles. The molecule has 0 atom stereocenters. The van der Waals surface area contributed by atoms with Gasteiger partial charge in [-0.2, -0.15) is 0 Å². The van der Waals surface area contributed by atoms with Crippen molar-refractivity contribution >= 4 is 11.6 Å². The molecule has 0 aliphatic carbocycles. The first-order chi connectivity index (χ1) is 11.4. The molecule has 0 aliphatic rings. The Kier molecular flexibility index (Phi) is 5.42. The van der Waals surface area contributed by atoms with Gasteiger partial charge in [-0.3, -0.25) is 9.59 Å². The van der Waals surface area contributed by atoms with E-state index >= 15 is 0 Å². The number of benzene rings is 2. The first-order valence-electron chi connectivity index (χ1n) is 7.32. The smallest absolute Gasteiger partial charge is 0.163 e. The summed E-state index contributed by atoms with van der Waals surface area (Å²) in [6, 6.07) is 8.89. The van der Waals surface area contributed by atoms with Crippen LogP contribution < -0.4 is 9.47 Å². The van der Waals surface area contributed by atoms with Crippen LogP contribution in [0.3, 0.4) is 0 Å². The van der Waals surface area contributed by atoms with E-state index in [0.29, 0.717) is 11.5 Å². The third-order valence-corrected chi connectivity index (χ3v) is 3.32. The minimum Gasteiger partial charge on any atom is -0.507 e. The average Bonchev–Trinajstić information content (AvgIpc) is 2.51. The first-order valence-corrected chi connectivity index (χ1v) is 7.32. The van der Waals surface area contributed by atoms with E-state index in [1.165, 1.54) is 38.1 Å². The second kappa shape index (κ2) is 7.50. The third kappa shape index (κ3) is 4.25. The summed E-state index contributed by atoms with van der Waals surface area (Å²) in [6.45, 7) is 3.15. The standard InChI is InChI=1S/C18H18O6/c1-11(19)15-5-3-13(9-17(15)21)23-7-8-24-14-4-6-16(12(2)20)18(22)10-14/h3-6,9-10,21-22H,7-8H2,1-2H3. The largest absolute Gasteiger partial charge is 0.507 e. The third-order valence-electron chi connectivity index (χ3n) is 3.32. The van der Waals surface area contributed by atoms with Crippen molar-refractivity contribution in [3.63, 3.8) is 0 Å². The van der Waals surface area contributed by atoms with Crippen LogP contribution in [0.5, 0.6) is 23.0 Å². The molecule has 2 aromatic carbocycles. The van der Waals surface area contributed by atoms with Gasteiger partial charge in [0, 0.05) is 12.1 Å². The molecule has 2 rings (SSSR count). The van der Waals surface area contributed by atoms with E-state index < -0.39 is 0 Å². The van der Waals surface area contributed by atoms with E-state index in [9.17, 15) is 19.8 Å². The summed E-state index contributed by atoms with van der Waals surface area (Å²) in [5.74, 6) is 0.107. The van der Waals surface area contributed by atoms with Crippen LogP contribution in [-0.4, -0.2) is 35.0 Å². The Hall–Kier alpha value is -3.02. The molecule has 0 aliphatic heterocycles. The molecule has 0 fully saturated rings. The summed E-state index contributed by atoms with van der Waals surface area (Å²) in [5, 5.41) is 19.4. The number of hydrogen-bond donors (Lipinski definition) is 2. The zero-order chi connectivity index (χ0) is 17.7. The van der Waals surface area contributed by atoms with Crippen molar-refractivity contribution in [1.29, 1.82) is 0 Å². The van der Waals surface area contributed by atoms with Gasteiger partial charge < -0.3 is 19.7 Å². The molecule has 0 amide bonds. The number of phenolic OH excluding ortho intramolecular Hbond substituents is 2. The SMILES string of the molecule is CC(=O)c1ccc(OCCOc2ccc(C(C)=O)c(O)c2)cc1O. The van der Waals surface area contributed by atoms with E-state index in [2.05, 4.69) is 0 Å². The highest BCUT2D eigenvalue weighted by Gasteiger charge is 2.09. The number of phenols is 2. The number of hydrogen-bond acceptors (Lipinski definition) is 6. The lowest BCUT2D eigenvalue weighted by Crippen LogP contribution is -2.09. The molecule has 126 valence electrons. The van der Waals surface area contributed by atoms with Gasteiger partial charge in [0.15, 0.2) is 11.6 Å². The fourth-order valence-electron chi connectivity index (χ4n) is 2.12. The van der Waals surface area contributed by atoms with Crippen LogP contribution in [0.1, 0.15) is 34.6 Å². The summed E-state index contributed by atoms with van der Waals surface area (Å²) in [5.41, 5.74) is 0.472. The minimum atomic E-state index is -0.226. The molecule has 24 heavy (non-hydrogen) atoms. The van der Waals surface area contributed by atoms with Crippen molar-refractivity contribution in [1.82, 2.24) is 0 Å². The molecule has 0 spiro atoms. The van der Waals surface area contributed by atoms with Crippen LogP contribution in [-0.2, 0) is 0 Å². The predicted octanol–water partition coefficient (Wildman–Crippen LogP) is 2.96. The lowest BCUT2D eigenvalue weighted by molar-refractivity contribution is 0.100. The zero-order valence-electron chi connectivity index (χ0n) is 13.4. The fourth-order valence-corrected chi connectivity index (χ4v) is 2.12. The van der Waals surface area contributed by atoms with Crippen molar-refractivity contribution in [2.45, 2.75) is 13.8 Å². The number of rotatable bonds is 7. The number of ether oxygens (including phenoxy) is 2. The summed E-state index contributed by atoms with van der Waals surface area (Å²) < 4.78 is 10.8. The van der Waals surface area contributed by atoms with E-state index in [4.69, 9.17) is 9.47 Å². The summed E-state index contributed by atoms with van der Waals surface area (Å²) >= 11 is 0. The molecule has 6 nitrogen and oxygen atoms in total.